The van der Waals surface area contributed by atoms with Crippen molar-refractivity contribution in [3.63, 3.8) is 0 Å². The largest absolute Gasteiger partial charge is 0.355 e. The van der Waals surface area contributed by atoms with E-state index in [1.807, 2.05) is 18.2 Å². The van der Waals surface area contributed by atoms with Gasteiger partial charge in [0, 0.05) is 54.3 Å². The highest BCUT2D eigenvalue weighted by Crippen LogP contribution is 2.36. The van der Waals surface area contributed by atoms with Gasteiger partial charge in [0.1, 0.15) is 11.6 Å². The van der Waals surface area contributed by atoms with Crippen LogP contribution in [-0.2, 0) is 30.6 Å². The van der Waals surface area contributed by atoms with Crippen molar-refractivity contribution in [2.75, 3.05) is 6.54 Å². The fourth-order valence-corrected chi connectivity index (χ4v) is 4.33. The average molecular weight is 449 g/mol. The van der Waals surface area contributed by atoms with Crippen LogP contribution in [0.15, 0.2) is 36.5 Å². The van der Waals surface area contributed by atoms with Gasteiger partial charge >= 0.3 is 0 Å². The van der Waals surface area contributed by atoms with Crippen LogP contribution in [0.5, 0.6) is 0 Å². The third kappa shape index (κ3) is 4.15. The van der Waals surface area contributed by atoms with Crippen LogP contribution in [0.1, 0.15) is 28.6 Å². The molecule has 1 atom stereocenters. The van der Waals surface area contributed by atoms with Crippen LogP contribution < -0.4 is 5.32 Å². The Bertz CT molecular complexity index is 1150. The van der Waals surface area contributed by atoms with E-state index in [4.69, 9.17) is 23.8 Å². The molecule has 1 aliphatic rings. The first kappa shape index (κ1) is 20.7. The Morgan fingerprint density at radius 1 is 1.33 bits per heavy atom. The summed E-state index contributed by atoms with van der Waals surface area (Å²) in [4.78, 5) is 19.7. The van der Waals surface area contributed by atoms with Gasteiger partial charge in [-0.15, -0.1) is 0 Å². The van der Waals surface area contributed by atoms with Gasteiger partial charge in [0.25, 0.3) is 0 Å². The predicted molar refractivity (Wildman–Crippen MR) is 112 cm³/mol. The molecule has 5 nitrogen and oxygen atoms in total. The highest BCUT2D eigenvalue weighted by atomic mass is 35.5. The van der Waals surface area contributed by atoms with Gasteiger partial charge in [-0.3, -0.25) is 9.78 Å². The second kappa shape index (κ2) is 8.65. The van der Waals surface area contributed by atoms with E-state index in [1.54, 1.807) is 10.8 Å². The molecule has 3 heterocycles. The number of fused-ring (bicyclic) bond motifs is 1. The SMILES string of the molecule is O=C(Cc1[nH]c(=S)n2c1C[C@@H](c1c(F)ccc(Cl)c1F)C2)NCCc1ccccn1. The summed E-state index contributed by atoms with van der Waals surface area (Å²) in [7, 11) is 0. The molecule has 1 aromatic carbocycles. The molecule has 0 radical (unpaired) electrons. The smallest absolute Gasteiger partial charge is 0.226 e. The molecular formula is C21H19ClF2N4OS. The maximum Gasteiger partial charge on any atom is 0.226 e. The van der Waals surface area contributed by atoms with Gasteiger partial charge in [-0.25, -0.2) is 8.78 Å². The van der Waals surface area contributed by atoms with Crippen LogP contribution in [-0.4, -0.2) is 27.0 Å². The maximum atomic E-state index is 14.5. The number of amides is 1. The number of rotatable bonds is 6. The number of benzene rings is 1. The molecule has 9 heteroatoms. The summed E-state index contributed by atoms with van der Waals surface area (Å²) in [6.45, 7) is 0.800. The van der Waals surface area contributed by atoms with Crippen LogP contribution in [0.4, 0.5) is 8.78 Å². The molecule has 1 aliphatic heterocycles. The lowest BCUT2D eigenvalue weighted by atomic mass is 9.95. The molecule has 0 saturated heterocycles. The number of imidazole rings is 1. The maximum absolute atomic E-state index is 14.5. The zero-order valence-electron chi connectivity index (χ0n) is 15.9. The zero-order chi connectivity index (χ0) is 21.3. The van der Waals surface area contributed by atoms with Crippen molar-refractivity contribution in [3.8, 4) is 0 Å². The third-order valence-electron chi connectivity index (χ3n) is 5.27. The van der Waals surface area contributed by atoms with Crippen molar-refractivity contribution in [2.45, 2.75) is 31.7 Å². The van der Waals surface area contributed by atoms with E-state index in [-0.39, 0.29) is 22.9 Å². The molecule has 0 fully saturated rings. The van der Waals surface area contributed by atoms with Gasteiger partial charge < -0.3 is 14.9 Å². The van der Waals surface area contributed by atoms with Crippen molar-refractivity contribution < 1.29 is 13.6 Å². The minimum absolute atomic E-state index is 0.0358. The summed E-state index contributed by atoms with van der Waals surface area (Å²) in [5.74, 6) is -1.96. The standard InChI is InChI=1S/C21H19ClF2N4OS/c22-14-4-5-15(23)19(20(14)24)12-9-17-16(27-21(30)28(17)11-12)10-18(29)26-8-6-13-3-1-2-7-25-13/h1-5,7,12H,6,8-11H2,(H,26,29)(H,27,30)/t12-/m1/s1. The number of aromatic amines is 1. The summed E-state index contributed by atoms with van der Waals surface area (Å²) < 4.78 is 31.0. The lowest BCUT2D eigenvalue weighted by Gasteiger charge is -2.13. The molecule has 30 heavy (non-hydrogen) atoms. The number of hydrogen-bond acceptors (Lipinski definition) is 3. The van der Waals surface area contributed by atoms with Gasteiger partial charge in [-0.05, 0) is 42.9 Å². The van der Waals surface area contributed by atoms with Gasteiger partial charge in [0.05, 0.1) is 11.4 Å². The zero-order valence-corrected chi connectivity index (χ0v) is 17.5. The van der Waals surface area contributed by atoms with Crippen molar-refractivity contribution in [1.29, 1.82) is 0 Å². The molecule has 3 aromatic rings. The van der Waals surface area contributed by atoms with Gasteiger partial charge in [-0.2, -0.15) is 0 Å². The summed E-state index contributed by atoms with van der Waals surface area (Å²) in [6.07, 6.45) is 2.83. The fourth-order valence-electron chi connectivity index (χ4n) is 3.85. The van der Waals surface area contributed by atoms with Gasteiger partial charge in [0.2, 0.25) is 5.91 Å². The van der Waals surface area contributed by atoms with Crippen molar-refractivity contribution in [2.24, 2.45) is 0 Å². The van der Waals surface area contributed by atoms with Gasteiger partial charge in [0.15, 0.2) is 4.77 Å². The first-order valence-corrected chi connectivity index (χ1v) is 10.3. The second-order valence-electron chi connectivity index (χ2n) is 7.22. The number of nitrogens with one attached hydrogen (secondary N) is 2. The van der Waals surface area contributed by atoms with Crippen LogP contribution >= 0.6 is 23.8 Å². The molecule has 4 rings (SSSR count). The van der Waals surface area contributed by atoms with Crippen LogP contribution in [0.3, 0.4) is 0 Å². The van der Waals surface area contributed by atoms with E-state index in [1.165, 1.54) is 12.1 Å². The minimum atomic E-state index is -0.740. The molecular weight excluding hydrogens is 430 g/mol. The lowest BCUT2D eigenvalue weighted by Crippen LogP contribution is -2.27. The Labute approximate surface area is 182 Å². The van der Waals surface area contributed by atoms with E-state index in [0.717, 1.165) is 11.4 Å². The molecule has 2 aromatic heterocycles. The third-order valence-corrected chi connectivity index (χ3v) is 5.89. The fraction of sp³-hybridized carbons (Fsp3) is 0.286. The number of carbonyl (C=O) groups excluding carboxylic acids is 1. The number of halogens is 3. The first-order valence-electron chi connectivity index (χ1n) is 9.54. The van der Waals surface area contributed by atoms with Crippen LogP contribution in [0.2, 0.25) is 5.02 Å². The molecule has 0 unspecified atom stereocenters. The van der Waals surface area contributed by atoms with E-state index < -0.39 is 17.6 Å². The monoisotopic (exact) mass is 448 g/mol. The number of carbonyl (C=O) groups is 1. The molecule has 2 N–H and O–H groups in total. The Morgan fingerprint density at radius 2 is 2.17 bits per heavy atom. The Kier molecular flexibility index (Phi) is 5.97. The quantitative estimate of drug-likeness (QED) is 0.440. The van der Waals surface area contributed by atoms with E-state index in [2.05, 4.69) is 15.3 Å². The Balaban J connectivity index is 1.44. The highest BCUT2D eigenvalue weighted by molar-refractivity contribution is 7.71. The molecule has 1 amide bonds. The molecule has 0 aliphatic carbocycles. The first-order chi connectivity index (χ1) is 14.4. The number of H-pyrrole nitrogens is 1. The van der Waals surface area contributed by atoms with Crippen LogP contribution in [0, 0.1) is 16.4 Å². The lowest BCUT2D eigenvalue weighted by molar-refractivity contribution is -0.120. The number of hydrogen-bond donors (Lipinski definition) is 2. The Hall–Kier alpha value is -2.58. The summed E-state index contributed by atoms with van der Waals surface area (Å²) in [5.41, 5.74) is 2.33. The summed E-state index contributed by atoms with van der Waals surface area (Å²) >= 11 is 11.2. The number of nitrogens with zero attached hydrogens (tertiary/aromatic N) is 2. The Morgan fingerprint density at radius 3 is 2.93 bits per heavy atom. The molecule has 156 valence electrons. The average Bonchev–Trinajstić information content (AvgIpc) is 3.27. The van der Waals surface area contributed by atoms with Gasteiger partial charge in [-0.1, -0.05) is 17.7 Å². The topological polar surface area (TPSA) is 62.7 Å². The minimum Gasteiger partial charge on any atom is -0.355 e. The normalized spacial score (nSPS) is 15.2. The van der Waals surface area contributed by atoms with Crippen molar-refractivity contribution in [3.05, 3.63) is 80.6 Å². The van der Waals surface area contributed by atoms with E-state index in [0.29, 0.717) is 36.4 Å². The second-order valence-corrected chi connectivity index (χ2v) is 8.02. The van der Waals surface area contributed by atoms with E-state index in [9.17, 15) is 13.6 Å². The number of aromatic nitrogens is 3. The number of pyridine rings is 1. The summed E-state index contributed by atoms with van der Waals surface area (Å²) in [5, 5.41) is 2.76. The van der Waals surface area contributed by atoms with Crippen molar-refractivity contribution in [1.82, 2.24) is 19.9 Å². The predicted octanol–water partition coefficient (Wildman–Crippen LogP) is 4.11. The highest BCUT2D eigenvalue weighted by Gasteiger charge is 2.31. The van der Waals surface area contributed by atoms with E-state index >= 15 is 0 Å². The molecule has 0 bridgehead atoms. The van der Waals surface area contributed by atoms with Crippen LogP contribution in [0.25, 0.3) is 0 Å². The van der Waals surface area contributed by atoms with Crippen molar-refractivity contribution >= 4 is 29.7 Å². The molecule has 0 spiro atoms. The summed E-state index contributed by atoms with van der Waals surface area (Å²) in [6, 6.07) is 8.02. The molecule has 0 saturated carbocycles.